The number of carbonyl (C=O) groups is 1. The Bertz CT molecular complexity index is 1190. The lowest BCUT2D eigenvalue weighted by molar-refractivity contribution is -0.147. The van der Waals surface area contributed by atoms with Crippen molar-refractivity contribution in [3.8, 4) is 5.75 Å². The lowest BCUT2D eigenvalue weighted by Crippen LogP contribution is -2.25. The molecule has 0 aliphatic heterocycles. The monoisotopic (exact) mass is 583 g/mol. The van der Waals surface area contributed by atoms with Gasteiger partial charge in [0, 0.05) is 10.9 Å². The first kappa shape index (κ1) is 22.4. The maximum absolute atomic E-state index is 12.9. The Morgan fingerprint density at radius 1 is 1.33 bits per heavy atom. The van der Waals surface area contributed by atoms with E-state index in [4.69, 9.17) is 4.74 Å². The van der Waals surface area contributed by atoms with E-state index in [-0.39, 0.29) is 5.56 Å². The van der Waals surface area contributed by atoms with Gasteiger partial charge in [-0.15, -0.1) is 0 Å². The fourth-order valence-electron chi connectivity index (χ4n) is 2.76. The molecular formula is C21H19BrIN3O4. The number of methoxy groups -OCH3 is 1. The van der Waals surface area contributed by atoms with Gasteiger partial charge in [0.05, 0.1) is 27.8 Å². The van der Waals surface area contributed by atoms with E-state index < -0.39 is 12.1 Å². The molecule has 0 spiro atoms. The second kappa shape index (κ2) is 9.69. The SMILES string of the molecule is CCc1nc2ccc(Br)cc2c(=O)n1N=Cc1ccc(O[C@@H](C)C(=O)OC)c(I)c1. The summed E-state index contributed by atoms with van der Waals surface area (Å²) in [6, 6.07) is 10.8. The number of aromatic nitrogens is 2. The Labute approximate surface area is 195 Å². The van der Waals surface area contributed by atoms with E-state index in [1.165, 1.54) is 11.8 Å². The smallest absolute Gasteiger partial charge is 0.346 e. The molecular weight excluding hydrogens is 565 g/mol. The highest BCUT2D eigenvalue weighted by atomic mass is 127. The van der Waals surface area contributed by atoms with Crippen LogP contribution < -0.4 is 10.3 Å². The highest BCUT2D eigenvalue weighted by Crippen LogP contribution is 2.23. The minimum Gasteiger partial charge on any atom is -0.478 e. The number of hydrogen-bond donors (Lipinski definition) is 0. The molecule has 0 saturated carbocycles. The van der Waals surface area contributed by atoms with Gasteiger partial charge in [0.25, 0.3) is 5.56 Å². The molecule has 0 N–H and O–H groups in total. The van der Waals surface area contributed by atoms with E-state index in [1.807, 2.05) is 25.1 Å². The molecule has 0 aliphatic carbocycles. The number of esters is 1. The molecule has 0 saturated heterocycles. The van der Waals surface area contributed by atoms with Crippen LogP contribution in [0, 0.1) is 3.57 Å². The second-order valence-corrected chi connectivity index (χ2v) is 8.46. The average molecular weight is 584 g/mol. The first-order valence-corrected chi connectivity index (χ1v) is 11.0. The highest BCUT2D eigenvalue weighted by molar-refractivity contribution is 14.1. The van der Waals surface area contributed by atoms with Gasteiger partial charge in [0.1, 0.15) is 11.6 Å². The molecule has 3 rings (SSSR count). The summed E-state index contributed by atoms with van der Waals surface area (Å²) in [6.45, 7) is 3.55. The quantitative estimate of drug-likeness (QED) is 0.247. The maximum atomic E-state index is 12.9. The van der Waals surface area contributed by atoms with E-state index in [0.29, 0.717) is 28.9 Å². The van der Waals surface area contributed by atoms with Gasteiger partial charge >= 0.3 is 5.97 Å². The second-order valence-electron chi connectivity index (χ2n) is 6.38. The summed E-state index contributed by atoms with van der Waals surface area (Å²) in [4.78, 5) is 29.0. The van der Waals surface area contributed by atoms with E-state index >= 15 is 0 Å². The van der Waals surface area contributed by atoms with Gasteiger partial charge in [-0.1, -0.05) is 22.9 Å². The summed E-state index contributed by atoms with van der Waals surface area (Å²) in [5.74, 6) is 0.695. The standard InChI is InChI=1S/C21H19BrIN3O4/c1-4-19-25-17-7-6-14(22)10-15(17)20(27)26(19)24-11-13-5-8-18(16(23)9-13)30-12(2)21(28)29-3/h5-12H,4H2,1-3H3/t12-/m0/s1. The van der Waals surface area contributed by atoms with Crippen LogP contribution in [0.5, 0.6) is 5.75 Å². The molecule has 0 aliphatic rings. The molecule has 0 bridgehead atoms. The molecule has 0 radical (unpaired) electrons. The third-order valence-corrected chi connectivity index (χ3v) is 5.64. The molecule has 3 aromatic rings. The van der Waals surface area contributed by atoms with Gasteiger partial charge in [0.15, 0.2) is 6.10 Å². The van der Waals surface area contributed by atoms with Crippen LogP contribution in [-0.4, -0.2) is 35.1 Å². The first-order valence-electron chi connectivity index (χ1n) is 9.13. The van der Waals surface area contributed by atoms with Crippen LogP contribution >= 0.6 is 38.5 Å². The van der Waals surface area contributed by atoms with Crippen LogP contribution in [0.3, 0.4) is 0 Å². The molecule has 1 atom stereocenters. The molecule has 30 heavy (non-hydrogen) atoms. The Hall–Kier alpha value is -2.27. The van der Waals surface area contributed by atoms with Gasteiger partial charge < -0.3 is 9.47 Å². The van der Waals surface area contributed by atoms with Crippen molar-refractivity contribution < 1.29 is 14.3 Å². The fourth-order valence-corrected chi connectivity index (χ4v) is 3.79. The Morgan fingerprint density at radius 2 is 2.10 bits per heavy atom. The van der Waals surface area contributed by atoms with Gasteiger partial charge in [-0.3, -0.25) is 4.79 Å². The van der Waals surface area contributed by atoms with Gasteiger partial charge in [-0.05, 0) is 71.5 Å². The van der Waals surface area contributed by atoms with Gasteiger partial charge in [0.2, 0.25) is 0 Å². The number of halogens is 2. The summed E-state index contributed by atoms with van der Waals surface area (Å²) < 4.78 is 13.2. The molecule has 1 heterocycles. The number of aryl methyl sites for hydroxylation is 1. The summed E-state index contributed by atoms with van der Waals surface area (Å²) in [7, 11) is 1.32. The number of rotatable bonds is 6. The minimum absolute atomic E-state index is 0.226. The van der Waals surface area contributed by atoms with E-state index in [0.717, 1.165) is 13.6 Å². The number of fused-ring (bicyclic) bond motifs is 1. The summed E-state index contributed by atoms with van der Waals surface area (Å²) in [5, 5.41) is 4.88. The first-order chi connectivity index (χ1) is 14.3. The number of hydrogen-bond acceptors (Lipinski definition) is 6. The van der Waals surface area contributed by atoms with E-state index in [9.17, 15) is 9.59 Å². The molecule has 9 heteroatoms. The lowest BCUT2D eigenvalue weighted by Gasteiger charge is -2.14. The summed E-state index contributed by atoms with van der Waals surface area (Å²) >= 11 is 5.51. The van der Waals surface area contributed by atoms with Crippen LogP contribution in [0.15, 0.2) is 50.8 Å². The Balaban J connectivity index is 1.93. The van der Waals surface area contributed by atoms with Crippen LogP contribution in [0.4, 0.5) is 0 Å². The van der Waals surface area contributed by atoms with Gasteiger partial charge in [-0.25, -0.2) is 9.78 Å². The summed E-state index contributed by atoms with van der Waals surface area (Å²) in [6.07, 6.45) is 1.45. The molecule has 2 aromatic carbocycles. The molecule has 1 aromatic heterocycles. The molecule has 0 unspecified atom stereocenters. The predicted molar refractivity (Wildman–Crippen MR) is 127 cm³/mol. The Morgan fingerprint density at radius 3 is 2.77 bits per heavy atom. The van der Waals surface area contributed by atoms with Crippen LogP contribution in [0.1, 0.15) is 25.2 Å². The number of nitrogens with zero attached hydrogens (tertiary/aromatic N) is 3. The largest absolute Gasteiger partial charge is 0.478 e. The van der Waals surface area contributed by atoms with Crippen molar-refractivity contribution in [2.45, 2.75) is 26.4 Å². The van der Waals surface area contributed by atoms with Crippen molar-refractivity contribution in [2.75, 3.05) is 7.11 Å². The average Bonchev–Trinajstić information content (AvgIpc) is 2.74. The zero-order chi connectivity index (χ0) is 21.8. The molecule has 0 fully saturated rings. The van der Waals surface area contributed by atoms with Crippen LogP contribution in [-0.2, 0) is 16.0 Å². The topological polar surface area (TPSA) is 82.8 Å². The van der Waals surface area contributed by atoms with E-state index in [1.54, 1.807) is 31.3 Å². The van der Waals surface area contributed by atoms with Gasteiger partial charge in [-0.2, -0.15) is 9.78 Å². The third kappa shape index (κ3) is 4.89. The fraction of sp³-hybridized carbons (Fsp3) is 0.238. The molecule has 0 amide bonds. The summed E-state index contributed by atoms with van der Waals surface area (Å²) in [5.41, 5.74) is 1.19. The number of carbonyl (C=O) groups excluding carboxylic acids is 1. The van der Waals surface area contributed by atoms with Crippen LogP contribution in [0.2, 0.25) is 0 Å². The molecule has 156 valence electrons. The zero-order valence-corrected chi connectivity index (χ0v) is 20.3. The number of ether oxygens (including phenoxy) is 2. The normalized spacial score (nSPS) is 12.3. The lowest BCUT2D eigenvalue weighted by atomic mass is 10.2. The van der Waals surface area contributed by atoms with Crippen molar-refractivity contribution in [1.29, 1.82) is 0 Å². The van der Waals surface area contributed by atoms with E-state index in [2.05, 4.69) is 53.3 Å². The third-order valence-electron chi connectivity index (χ3n) is 4.31. The van der Waals surface area contributed by atoms with Crippen molar-refractivity contribution in [3.05, 3.63) is 66.2 Å². The van der Waals surface area contributed by atoms with Crippen molar-refractivity contribution in [2.24, 2.45) is 5.10 Å². The zero-order valence-electron chi connectivity index (χ0n) is 16.6. The number of benzene rings is 2. The van der Waals surface area contributed by atoms with Crippen molar-refractivity contribution in [3.63, 3.8) is 0 Å². The Kier molecular flexibility index (Phi) is 7.24. The maximum Gasteiger partial charge on any atom is 0.346 e. The highest BCUT2D eigenvalue weighted by Gasteiger charge is 2.16. The van der Waals surface area contributed by atoms with Crippen LogP contribution in [0.25, 0.3) is 10.9 Å². The van der Waals surface area contributed by atoms with Crippen molar-refractivity contribution >= 4 is 61.6 Å². The minimum atomic E-state index is -0.711. The predicted octanol–water partition coefficient (Wildman–Crippen LogP) is 4.15. The van der Waals surface area contributed by atoms with Crippen molar-refractivity contribution in [1.82, 2.24) is 9.66 Å². The molecule has 7 nitrogen and oxygen atoms in total.